The second-order valence-corrected chi connectivity index (χ2v) is 20.2. The number of hydrogen-bond donors (Lipinski definition) is 0. The summed E-state index contributed by atoms with van der Waals surface area (Å²) in [6.07, 6.45) is 9.10. The second-order valence-electron chi connectivity index (χ2n) is 20.2. The molecule has 0 N–H and O–H groups in total. The maximum absolute atomic E-state index is 10.7. The van der Waals surface area contributed by atoms with Crippen LogP contribution in [-0.4, -0.2) is 14.1 Å². The molecule has 0 saturated heterocycles. The summed E-state index contributed by atoms with van der Waals surface area (Å²) < 4.78 is 13.3. The van der Waals surface area contributed by atoms with Gasteiger partial charge in [-0.25, -0.2) is 0 Å². The molecule has 0 unspecified atom stereocenters. The minimum atomic E-state index is -0.168. The Balaban J connectivity index is 0.000000305. The van der Waals surface area contributed by atoms with Crippen LogP contribution < -0.4 is 4.57 Å². The molecule has 0 bridgehead atoms. The Bertz CT molecular complexity index is 3040. The van der Waals surface area contributed by atoms with E-state index < -0.39 is 0 Å². The molecule has 0 spiro atoms. The molecular weight excluding hydrogens is 939 g/mol. The third-order valence-electron chi connectivity index (χ3n) is 11.5. The van der Waals surface area contributed by atoms with Crippen LogP contribution in [-0.2, 0) is 41.9 Å². The maximum Gasteiger partial charge on any atom is 3.00 e. The number of hydrogen-bond acceptors (Lipinski definition) is 3. The first-order valence-corrected chi connectivity index (χ1v) is 21.1. The topological polar surface area (TPSA) is 63.6 Å². The van der Waals surface area contributed by atoms with E-state index in [2.05, 4.69) is 170 Å². The van der Waals surface area contributed by atoms with E-state index in [1.165, 1.54) is 11.1 Å². The molecule has 0 fully saturated rings. The van der Waals surface area contributed by atoms with E-state index >= 15 is 0 Å². The molecule has 4 aromatic heterocycles. The predicted octanol–water partition coefficient (Wildman–Crippen LogP) is 13.4. The number of nitrogens with zero attached hydrogens (tertiary/aromatic N) is 5. The molecule has 0 atom stereocenters. The number of benzene rings is 5. The Hall–Kier alpha value is -5.80. The molecule has 0 radical (unpaired) electrons. The van der Waals surface area contributed by atoms with Crippen molar-refractivity contribution in [1.29, 1.82) is 5.26 Å². The number of nitriles is 1. The molecule has 0 saturated carbocycles. The second kappa shape index (κ2) is 16.2. The van der Waals surface area contributed by atoms with Gasteiger partial charge in [-0.05, 0) is 78.1 Å². The van der Waals surface area contributed by atoms with E-state index in [-0.39, 0.29) is 41.9 Å². The molecule has 7 heteroatoms. The zero-order valence-corrected chi connectivity index (χ0v) is 40.3. The van der Waals surface area contributed by atoms with E-state index in [1.807, 2.05) is 65.5 Å². The van der Waals surface area contributed by atoms with Crippen LogP contribution in [0, 0.1) is 29.8 Å². The minimum absolute atomic E-state index is 0. The van der Waals surface area contributed by atoms with Gasteiger partial charge in [0.25, 0.3) is 0 Å². The van der Waals surface area contributed by atoms with Gasteiger partial charge >= 0.3 is 20.1 Å². The number of para-hydroxylation sites is 1. The van der Waals surface area contributed by atoms with Crippen molar-refractivity contribution in [3.05, 3.63) is 156 Å². The SMILES string of the molecule is CC(C)(C)[n+]1[c-]n(-c2[c-]cccc2)cc1.CC(C)(C)c1ccc2c3ccc(C(C)(C)C)cc3n(-c3c(C#N)ccc4c3oc3c(-c5ccccn5)[c-]cc(C(C)(C)C)c34)c2c1.[Ir+3]. The summed E-state index contributed by atoms with van der Waals surface area (Å²) in [5, 5.41) is 15.0. The van der Waals surface area contributed by atoms with E-state index in [9.17, 15) is 5.26 Å². The summed E-state index contributed by atoms with van der Waals surface area (Å²) in [6, 6.07) is 42.6. The molecule has 6 nitrogen and oxygen atoms in total. The van der Waals surface area contributed by atoms with Crippen molar-refractivity contribution >= 4 is 43.7 Å². The van der Waals surface area contributed by atoms with Crippen LogP contribution in [0.25, 0.3) is 66.4 Å². The van der Waals surface area contributed by atoms with Crippen molar-refractivity contribution in [1.82, 2.24) is 14.1 Å². The van der Waals surface area contributed by atoms with Gasteiger partial charge in [0.2, 0.25) is 6.33 Å². The normalized spacial score (nSPS) is 12.4. The zero-order valence-electron chi connectivity index (χ0n) is 37.9. The fraction of sp³-hybridized carbons (Fsp3) is 0.291. The summed E-state index contributed by atoms with van der Waals surface area (Å²) in [7, 11) is 0. The Morgan fingerprint density at radius 3 is 1.84 bits per heavy atom. The molecule has 314 valence electrons. The molecule has 0 aliphatic carbocycles. The monoisotopic (exact) mass is 994 g/mol. The van der Waals surface area contributed by atoms with Gasteiger partial charge in [0.1, 0.15) is 17.3 Å². The zero-order chi connectivity index (χ0) is 43.6. The van der Waals surface area contributed by atoms with Crippen molar-refractivity contribution in [3.63, 3.8) is 0 Å². The van der Waals surface area contributed by atoms with Gasteiger partial charge in [-0.15, -0.1) is 17.7 Å². The third-order valence-corrected chi connectivity index (χ3v) is 11.5. The number of pyridine rings is 1. The van der Waals surface area contributed by atoms with Crippen molar-refractivity contribution in [3.8, 4) is 28.7 Å². The molecular formula is C55H55IrN5O+. The molecule has 9 aromatic rings. The third kappa shape index (κ3) is 8.15. The number of aromatic nitrogens is 4. The van der Waals surface area contributed by atoms with Gasteiger partial charge < -0.3 is 23.1 Å². The summed E-state index contributed by atoms with van der Waals surface area (Å²) in [4.78, 5) is 4.67. The van der Waals surface area contributed by atoms with Gasteiger partial charge in [0, 0.05) is 34.7 Å². The molecule has 5 aromatic carbocycles. The molecule has 0 aliphatic rings. The summed E-state index contributed by atoms with van der Waals surface area (Å²) in [5.41, 5.74) is 10.9. The van der Waals surface area contributed by atoms with E-state index in [4.69, 9.17) is 4.42 Å². The maximum atomic E-state index is 10.7. The van der Waals surface area contributed by atoms with Crippen LogP contribution in [0.1, 0.15) is 105 Å². The largest absolute Gasteiger partial charge is 3.00 e. The Morgan fingerprint density at radius 1 is 0.694 bits per heavy atom. The molecule has 0 amide bonds. The Kier molecular flexibility index (Phi) is 11.5. The first kappa shape index (κ1) is 44.3. The Labute approximate surface area is 380 Å². The number of rotatable bonds is 3. The summed E-state index contributed by atoms with van der Waals surface area (Å²) in [6.45, 7) is 26.6. The summed E-state index contributed by atoms with van der Waals surface area (Å²) >= 11 is 0. The fourth-order valence-electron chi connectivity index (χ4n) is 8.03. The van der Waals surface area contributed by atoms with Crippen LogP contribution in [0.15, 0.2) is 120 Å². The first-order chi connectivity index (χ1) is 28.8. The van der Waals surface area contributed by atoms with Gasteiger partial charge in [-0.3, -0.25) is 0 Å². The minimum Gasteiger partial charge on any atom is -0.498 e. The smallest absolute Gasteiger partial charge is 0.498 e. The molecule has 0 aliphatic heterocycles. The standard InChI is InChI=1S/C42H40N3O.C13H15N2.Ir/c1-40(2,3)26-14-17-28-29-18-15-27(41(4,5)6)23-35(29)45(34(28)22-26)37-25(24-43)13-16-31-36-32(42(7,8)9)20-19-30(38(36)46-39(31)37)33-12-10-11-21-44-33;1-13(2,3)15-10-9-14(11-15)12-7-5-4-6-8-12;/h10-18,20-23H,1-9H3;4-7,9-10H,1-3H3;/q2*-1;+3. The molecule has 62 heavy (non-hydrogen) atoms. The van der Waals surface area contributed by atoms with Crippen molar-refractivity contribution in [2.45, 2.75) is 105 Å². The van der Waals surface area contributed by atoms with E-state index in [0.29, 0.717) is 11.1 Å². The summed E-state index contributed by atoms with van der Waals surface area (Å²) in [5.74, 6) is 0. The molecule has 4 heterocycles. The van der Waals surface area contributed by atoms with Gasteiger partial charge in [0.15, 0.2) is 0 Å². The van der Waals surface area contributed by atoms with Crippen LogP contribution in [0.5, 0.6) is 0 Å². The first-order valence-electron chi connectivity index (χ1n) is 21.1. The number of furan rings is 1. The number of imidazole rings is 1. The van der Waals surface area contributed by atoms with Crippen molar-refractivity contribution < 1.29 is 29.1 Å². The van der Waals surface area contributed by atoms with Crippen LogP contribution >= 0.6 is 0 Å². The van der Waals surface area contributed by atoms with Gasteiger partial charge in [0.05, 0.1) is 27.7 Å². The average molecular weight is 994 g/mol. The number of fused-ring (bicyclic) bond motifs is 6. The van der Waals surface area contributed by atoms with Crippen molar-refractivity contribution in [2.24, 2.45) is 0 Å². The van der Waals surface area contributed by atoms with Gasteiger partial charge in [-0.2, -0.15) is 35.6 Å². The Morgan fingerprint density at radius 2 is 1.32 bits per heavy atom. The average Bonchev–Trinajstić information content (AvgIpc) is 3.95. The van der Waals surface area contributed by atoms with Crippen LogP contribution in [0.2, 0.25) is 0 Å². The van der Waals surface area contributed by atoms with Crippen LogP contribution in [0.4, 0.5) is 0 Å². The quantitative estimate of drug-likeness (QED) is 0.131. The van der Waals surface area contributed by atoms with Crippen molar-refractivity contribution in [2.75, 3.05) is 0 Å². The fourth-order valence-corrected chi connectivity index (χ4v) is 8.03. The molecule has 9 rings (SSSR count). The van der Waals surface area contributed by atoms with E-state index in [0.717, 1.165) is 66.4 Å². The predicted molar refractivity (Wildman–Crippen MR) is 250 cm³/mol. The van der Waals surface area contributed by atoms with E-state index in [1.54, 1.807) is 6.20 Å². The van der Waals surface area contributed by atoms with Gasteiger partial charge in [-0.1, -0.05) is 121 Å². The van der Waals surface area contributed by atoms with Crippen LogP contribution in [0.3, 0.4) is 0 Å².